The molecular weight excluding hydrogens is 385 g/mol. The first-order chi connectivity index (χ1) is 9.85. The number of hydrogen-bond acceptors (Lipinski definition) is 3. The molecular formula is C13H10BrClFNO3S. The van der Waals surface area contributed by atoms with Crippen LogP contribution in [0.15, 0.2) is 45.8 Å². The number of rotatable bonds is 4. The number of nitrogens with one attached hydrogen (secondary N) is 1. The number of benzene rings is 2. The summed E-state index contributed by atoms with van der Waals surface area (Å²) >= 11 is 9.00. The molecule has 0 atom stereocenters. The first kappa shape index (κ1) is 16.1. The lowest BCUT2D eigenvalue weighted by Gasteiger charge is -2.11. The molecule has 21 heavy (non-hydrogen) atoms. The summed E-state index contributed by atoms with van der Waals surface area (Å²) in [4.78, 5) is -0.0468. The molecule has 0 unspecified atom stereocenters. The Morgan fingerprint density at radius 2 is 2.00 bits per heavy atom. The van der Waals surface area contributed by atoms with E-state index < -0.39 is 15.8 Å². The van der Waals surface area contributed by atoms with Gasteiger partial charge in [-0.2, -0.15) is 0 Å². The van der Waals surface area contributed by atoms with Crippen molar-refractivity contribution in [3.8, 4) is 5.75 Å². The van der Waals surface area contributed by atoms with Gasteiger partial charge in [0.2, 0.25) is 0 Å². The topological polar surface area (TPSA) is 55.4 Å². The Hall–Kier alpha value is -1.31. The summed E-state index contributed by atoms with van der Waals surface area (Å²) in [6, 6.07) is 8.09. The van der Waals surface area contributed by atoms with Gasteiger partial charge < -0.3 is 4.74 Å². The van der Waals surface area contributed by atoms with E-state index in [4.69, 9.17) is 16.3 Å². The Bertz CT molecular complexity index is 763. The highest BCUT2D eigenvalue weighted by Gasteiger charge is 2.19. The quantitative estimate of drug-likeness (QED) is 0.851. The molecule has 0 heterocycles. The van der Waals surface area contributed by atoms with E-state index in [9.17, 15) is 12.8 Å². The molecule has 0 radical (unpaired) electrons. The number of anilines is 1. The van der Waals surface area contributed by atoms with Gasteiger partial charge in [-0.1, -0.05) is 17.7 Å². The molecule has 0 aliphatic carbocycles. The molecule has 112 valence electrons. The van der Waals surface area contributed by atoms with Gasteiger partial charge in [0.15, 0.2) is 0 Å². The maximum absolute atomic E-state index is 13.7. The number of ether oxygens (including phenoxy) is 1. The molecule has 0 amide bonds. The van der Waals surface area contributed by atoms with Crippen molar-refractivity contribution in [3.63, 3.8) is 0 Å². The average Bonchev–Trinajstić information content (AvgIpc) is 2.43. The van der Waals surface area contributed by atoms with Gasteiger partial charge in [0.1, 0.15) is 17.3 Å². The van der Waals surface area contributed by atoms with Gasteiger partial charge in [-0.3, -0.25) is 4.72 Å². The summed E-state index contributed by atoms with van der Waals surface area (Å²) < 4.78 is 45.8. The van der Waals surface area contributed by atoms with Crippen molar-refractivity contribution in [1.29, 1.82) is 0 Å². The maximum Gasteiger partial charge on any atom is 0.262 e. The van der Waals surface area contributed by atoms with E-state index in [-0.39, 0.29) is 15.6 Å². The molecule has 4 nitrogen and oxygen atoms in total. The minimum absolute atomic E-state index is 0.0221. The van der Waals surface area contributed by atoms with Gasteiger partial charge in [-0.15, -0.1) is 0 Å². The van der Waals surface area contributed by atoms with Crippen molar-refractivity contribution in [1.82, 2.24) is 0 Å². The largest absolute Gasteiger partial charge is 0.496 e. The Kier molecular flexibility index (Phi) is 4.75. The summed E-state index contributed by atoms with van der Waals surface area (Å²) in [5.74, 6) is -0.267. The number of methoxy groups -OCH3 is 1. The lowest BCUT2D eigenvalue weighted by Crippen LogP contribution is -2.14. The summed E-state index contributed by atoms with van der Waals surface area (Å²) in [7, 11) is -2.50. The van der Waals surface area contributed by atoms with E-state index in [1.54, 1.807) is 0 Å². The first-order valence-electron chi connectivity index (χ1n) is 5.65. The number of para-hydroxylation sites is 1. The third-order valence-corrected chi connectivity index (χ3v) is 4.91. The molecule has 0 aliphatic heterocycles. The van der Waals surface area contributed by atoms with Crippen LogP contribution in [0.4, 0.5) is 10.1 Å². The molecule has 0 aromatic heterocycles. The van der Waals surface area contributed by atoms with Crippen molar-refractivity contribution < 1.29 is 17.5 Å². The van der Waals surface area contributed by atoms with Gasteiger partial charge in [-0.25, -0.2) is 12.8 Å². The predicted octanol–water partition coefficient (Wildman–Crippen LogP) is 4.05. The molecule has 0 fully saturated rings. The molecule has 8 heteroatoms. The van der Waals surface area contributed by atoms with Crippen LogP contribution in [0, 0.1) is 5.82 Å². The molecule has 2 rings (SSSR count). The van der Waals surface area contributed by atoms with Gasteiger partial charge in [0, 0.05) is 0 Å². The van der Waals surface area contributed by atoms with Gasteiger partial charge in [0.05, 0.1) is 21.5 Å². The van der Waals surface area contributed by atoms with Gasteiger partial charge in [0.25, 0.3) is 10.0 Å². The lowest BCUT2D eigenvalue weighted by molar-refractivity contribution is 0.411. The third kappa shape index (κ3) is 3.48. The van der Waals surface area contributed by atoms with Crippen LogP contribution in [-0.4, -0.2) is 15.5 Å². The molecule has 0 saturated carbocycles. The zero-order chi connectivity index (χ0) is 15.6. The van der Waals surface area contributed by atoms with Crippen molar-refractivity contribution in [2.75, 3.05) is 11.8 Å². The van der Waals surface area contributed by atoms with Crippen LogP contribution in [0.3, 0.4) is 0 Å². The SMILES string of the molecule is COc1ccc(S(=O)(=O)Nc2c(F)cccc2Cl)cc1Br. The Morgan fingerprint density at radius 3 is 2.57 bits per heavy atom. The third-order valence-electron chi connectivity index (χ3n) is 2.63. The predicted molar refractivity (Wildman–Crippen MR) is 82.9 cm³/mol. The summed E-state index contributed by atoms with van der Waals surface area (Å²) in [5.41, 5.74) is -0.286. The van der Waals surface area contributed by atoms with Gasteiger partial charge in [-0.05, 0) is 46.3 Å². The Labute approximate surface area is 135 Å². The van der Waals surface area contributed by atoms with Crippen molar-refractivity contribution >= 4 is 43.2 Å². The van der Waals surface area contributed by atoms with E-state index >= 15 is 0 Å². The van der Waals surface area contributed by atoms with E-state index in [1.165, 1.54) is 37.4 Å². The van der Waals surface area contributed by atoms with Crippen LogP contribution >= 0.6 is 27.5 Å². The minimum Gasteiger partial charge on any atom is -0.496 e. The summed E-state index contributed by atoms with van der Waals surface area (Å²) in [6.07, 6.45) is 0. The number of sulfonamides is 1. The van der Waals surface area contributed by atoms with Crippen LogP contribution in [0.1, 0.15) is 0 Å². The fourth-order valence-electron chi connectivity index (χ4n) is 1.60. The second kappa shape index (κ2) is 6.21. The molecule has 0 aliphatic rings. The van der Waals surface area contributed by atoms with Crippen LogP contribution in [-0.2, 0) is 10.0 Å². The molecule has 2 aromatic rings. The molecule has 2 aromatic carbocycles. The van der Waals surface area contributed by atoms with Crippen molar-refractivity contribution in [2.45, 2.75) is 4.90 Å². The fourth-order valence-corrected chi connectivity index (χ4v) is 3.68. The van der Waals surface area contributed by atoms with Crippen LogP contribution < -0.4 is 9.46 Å². The highest BCUT2D eigenvalue weighted by molar-refractivity contribution is 9.10. The molecule has 1 N–H and O–H groups in total. The average molecular weight is 395 g/mol. The summed E-state index contributed by atoms with van der Waals surface area (Å²) in [5, 5.41) is -0.0221. The zero-order valence-electron chi connectivity index (χ0n) is 10.7. The standard InChI is InChI=1S/C13H10BrClFNO3S/c1-20-12-6-5-8(7-9(12)14)21(18,19)17-13-10(15)3-2-4-11(13)16/h2-7,17H,1H3. The Morgan fingerprint density at radius 1 is 1.29 bits per heavy atom. The van der Waals surface area contributed by atoms with E-state index in [1.807, 2.05) is 0 Å². The van der Waals surface area contributed by atoms with Crippen molar-refractivity contribution in [3.05, 3.63) is 51.7 Å². The highest BCUT2D eigenvalue weighted by atomic mass is 79.9. The highest BCUT2D eigenvalue weighted by Crippen LogP contribution is 2.30. The van der Waals surface area contributed by atoms with Crippen LogP contribution in [0.25, 0.3) is 0 Å². The second-order valence-corrected chi connectivity index (χ2v) is 6.94. The number of halogens is 3. The maximum atomic E-state index is 13.7. The molecule has 0 spiro atoms. The normalized spacial score (nSPS) is 11.2. The van der Waals surface area contributed by atoms with Crippen LogP contribution in [0.2, 0.25) is 5.02 Å². The van der Waals surface area contributed by atoms with Gasteiger partial charge >= 0.3 is 0 Å². The van der Waals surface area contributed by atoms with Crippen molar-refractivity contribution in [2.24, 2.45) is 0 Å². The monoisotopic (exact) mass is 393 g/mol. The molecule has 0 bridgehead atoms. The zero-order valence-corrected chi connectivity index (χ0v) is 13.9. The van der Waals surface area contributed by atoms with E-state index in [0.29, 0.717) is 10.2 Å². The Balaban J connectivity index is 2.41. The lowest BCUT2D eigenvalue weighted by atomic mass is 10.3. The minimum atomic E-state index is -3.97. The smallest absolute Gasteiger partial charge is 0.262 e. The van der Waals surface area contributed by atoms with E-state index in [2.05, 4.69) is 20.7 Å². The van der Waals surface area contributed by atoms with Crippen LogP contribution in [0.5, 0.6) is 5.75 Å². The fraction of sp³-hybridized carbons (Fsp3) is 0.0769. The number of hydrogen-bond donors (Lipinski definition) is 1. The molecule has 0 saturated heterocycles. The first-order valence-corrected chi connectivity index (χ1v) is 8.31. The van der Waals surface area contributed by atoms with E-state index in [0.717, 1.165) is 6.07 Å². The summed E-state index contributed by atoms with van der Waals surface area (Å²) in [6.45, 7) is 0. The second-order valence-electron chi connectivity index (χ2n) is 4.00.